The van der Waals surface area contributed by atoms with Gasteiger partial charge >= 0.3 is 19.8 Å². The Bertz CT molecular complexity index is 2750. The highest BCUT2D eigenvalue weighted by atomic mass is 79.9. The molecule has 0 aliphatic rings. The number of rotatable bonds is 9. The second-order valence-electron chi connectivity index (χ2n) is 11.9. The minimum atomic E-state index is -3.02. The molecule has 0 atom stereocenters. The number of aromatic nitrogens is 3. The average Bonchev–Trinajstić information content (AvgIpc) is 3.76. The van der Waals surface area contributed by atoms with E-state index in [0.29, 0.717) is 38.3 Å². The number of furan rings is 2. The van der Waals surface area contributed by atoms with Crippen molar-refractivity contribution >= 4 is 66.1 Å². The van der Waals surface area contributed by atoms with E-state index in [4.69, 9.17) is 13.6 Å². The Morgan fingerprint density at radius 2 is 1.21 bits per heavy atom. The summed E-state index contributed by atoms with van der Waals surface area (Å²) in [6, 6.07) is 14.8. The van der Waals surface area contributed by atoms with Crippen LogP contribution in [-0.4, -0.2) is 41.5 Å². The predicted molar refractivity (Wildman–Crippen MR) is 195 cm³/mol. The number of fused-ring (bicyclic) bond motifs is 6. The van der Waals surface area contributed by atoms with Crippen LogP contribution in [0.4, 0.5) is 26.3 Å². The van der Waals surface area contributed by atoms with E-state index >= 15 is 0 Å². The van der Waals surface area contributed by atoms with Crippen molar-refractivity contribution in [2.75, 3.05) is 0 Å². The van der Waals surface area contributed by atoms with Gasteiger partial charge in [-0.3, -0.25) is 20.2 Å². The fourth-order valence-electron chi connectivity index (χ4n) is 5.72. The second-order valence-corrected chi connectivity index (χ2v) is 12.8. The summed E-state index contributed by atoms with van der Waals surface area (Å²) in [6.45, 7) is -5.09. The van der Waals surface area contributed by atoms with Crippen LogP contribution >= 0.6 is 15.9 Å². The lowest BCUT2D eigenvalue weighted by Crippen LogP contribution is -2.28. The SMILES string of the molecule is Cc1ccc(OC(F)F)c2oc3cc[n+](O)cc3c12.Cc1ccc(OC(F)F)c2oc3ccncc3c12.O=Cc1ccc(OC(F)F)c(Oc2cc[n+](O)cc2Br)c1. The van der Waals surface area contributed by atoms with E-state index in [2.05, 4.69) is 35.1 Å². The molecule has 300 valence electrons. The molecule has 5 aromatic heterocycles. The lowest BCUT2D eigenvalue weighted by Gasteiger charge is -2.12. The third-order valence-corrected chi connectivity index (χ3v) is 8.74. The van der Waals surface area contributed by atoms with Crippen molar-refractivity contribution in [3.63, 3.8) is 0 Å². The minimum Gasteiger partial charge on any atom is -0.452 e. The topological polar surface area (TPSA) is 141 Å². The van der Waals surface area contributed by atoms with Crippen molar-refractivity contribution in [1.82, 2.24) is 4.98 Å². The van der Waals surface area contributed by atoms with Crippen LogP contribution in [0.2, 0.25) is 0 Å². The lowest BCUT2D eigenvalue weighted by molar-refractivity contribution is -0.905. The Morgan fingerprint density at radius 1 is 0.672 bits per heavy atom. The number of hydrogen-bond acceptors (Lipinski definition) is 10. The first-order valence-corrected chi connectivity index (χ1v) is 17.4. The van der Waals surface area contributed by atoms with E-state index in [1.807, 2.05) is 13.8 Å². The van der Waals surface area contributed by atoms with E-state index in [-0.39, 0.29) is 39.9 Å². The normalized spacial score (nSPS) is 11.2. The standard InChI is InChI=1S/C13H9BrF2NO4.C13H10F2NO3.C13H9F2NO2/c14-9-6-17(19)4-3-10(9)20-12-5-8(7-18)1-2-11(12)21-13(15)16;1-7-2-3-10(19-13(14)15)12-11(7)8-6-16(17)5-4-9(8)18-12;1-7-2-3-10(18-13(14)15)12-11(7)8-6-16-5-4-9(8)17-12/h1-7,13,19H;2-6,13,17H,1H3;2-6,13H,1H3/q2*+1;. The van der Waals surface area contributed by atoms with Crippen LogP contribution in [0.5, 0.6) is 28.7 Å². The second kappa shape index (κ2) is 17.6. The van der Waals surface area contributed by atoms with Crippen LogP contribution in [-0.2, 0) is 0 Å². The monoisotopic (exact) mass is 875 g/mol. The Morgan fingerprint density at radius 3 is 1.79 bits per heavy atom. The smallest absolute Gasteiger partial charge is 0.387 e. The highest BCUT2D eigenvalue weighted by Crippen LogP contribution is 2.39. The summed E-state index contributed by atoms with van der Waals surface area (Å²) in [5.74, 6) is 0.0278. The number of aldehydes is 1. The molecule has 0 aliphatic carbocycles. The van der Waals surface area contributed by atoms with Gasteiger partial charge in [0.2, 0.25) is 24.8 Å². The van der Waals surface area contributed by atoms with Crippen LogP contribution in [0.1, 0.15) is 21.5 Å². The van der Waals surface area contributed by atoms with E-state index in [1.54, 1.807) is 36.7 Å². The first-order chi connectivity index (χ1) is 27.7. The largest absolute Gasteiger partial charge is 0.452 e. The zero-order valence-electron chi connectivity index (χ0n) is 29.8. The van der Waals surface area contributed by atoms with Gasteiger partial charge in [0.15, 0.2) is 39.9 Å². The van der Waals surface area contributed by atoms with Gasteiger partial charge in [0.05, 0.1) is 17.5 Å². The van der Waals surface area contributed by atoms with E-state index in [9.17, 15) is 41.6 Å². The molecular formula is C39H28BrF6N3O9+2. The number of alkyl halides is 6. The average molecular weight is 877 g/mol. The van der Waals surface area contributed by atoms with Gasteiger partial charge in [-0.15, -0.1) is 0 Å². The van der Waals surface area contributed by atoms with E-state index in [1.165, 1.54) is 61.2 Å². The lowest BCUT2D eigenvalue weighted by atomic mass is 10.1. The van der Waals surface area contributed by atoms with Crippen molar-refractivity contribution in [3.05, 3.63) is 119 Å². The molecule has 19 heteroatoms. The van der Waals surface area contributed by atoms with Crippen molar-refractivity contribution in [3.8, 4) is 28.7 Å². The van der Waals surface area contributed by atoms with Gasteiger partial charge in [0, 0.05) is 43.6 Å². The number of aryl methyl sites for hydroxylation is 2. The molecule has 0 aliphatic heterocycles. The number of carbonyl (C=O) groups is 1. The summed E-state index contributed by atoms with van der Waals surface area (Å²) in [6.07, 6.45) is 9.24. The van der Waals surface area contributed by atoms with Gasteiger partial charge in [0.1, 0.15) is 21.9 Å². The highest BCUT2D eigenvalue weighted by Gasteiger charge is 2.20. The molecule has 8 aromatic rings. The number of ether oxygens (including phenoxy) is 4. The summed E-state index contributed by atoms with van der Waals surface area (Å²) in [5, 5.41) is 21.5. The van der Waals surface area contributed by atoms with Crippen molar-refractivity contribution in [2.24, 2.45) is 0 Å². The molecule has 12 nitrogen and oxygen atoms in total. The first kappa shape index (κ1) is 40.9. The van der Waals surface area contributed by atoms with Crippen molar-refractivity contribution < 1.29 is 78.8 Å². The Labute approximate surface area is 330 Å². The Kier molecular flexibility index (Phi) is 12.4. The fourth-order valence-corrected chi connectivity index (χ4v) is 6.14. The third kappa shape index (κ3) is 9.26. The molecule has 0 spiro atoms. The fraction of sp³-hybridized carbons (Fsp3) is 0.128. The molecule has 2 N–H and O–H groups in total. The molecule has 3 aromatic carbocycles. The summed E-state index contributed by atoms with van der Waals surface area (Å²) >= 11 is 3.15. The molecule has 0 saturated carbocycles. The Balaban J connectivity index is 0.000000147. The first-order valence-electron chi connectivity index (χ1n) is 16.6. The molecule has 58 heavy (non-hydrogen) atoms. The number of nitrogens with zero attached hydrogens (tertiary/aromatic N) is 3. The molecule has 8 rings (SSSR count). The maximum absolute atomic E-state index is 12.4. The van der Waals surface area contributed by atoms with Crippen LogP contribution in [0.15, 0.2) is 111 Å². The molecule has 0 radical (unpaired) electrons. The molecule has 0 saturated heterocycles. The van der Waals surface area contributed by atoms with Crippen LogP contribution in [0.25, 0.3) is 43.9 Å². The maximum Gasteiger partial charge on any atom is 0.387 e. The van der Waals surface area contributed by atoms with Crippen molar-refractivity contribution in [2.45, 2.75) is 33.7 Å². The number of hydrogen-bond donors (Lipinski definition) is 2. The predicted octanol–water partition coefficient (Wildman–Crippen LogP) is 10.1. The molecule has 0 unspecified atom stereocenters. The molecule has 0 bridgehead atoms. The zero-order chi connectivity index (χ0) is 41.7. The maximum atomic E-state index is 12.4. The number of pyridine rings is 3. The van der Waals surface area contributed by atoms with Crippen molar-refractivity contribution in [1.29, 1.82) is 0 Å². The number of benzene rings is 3. The third-order valence-electron chi connectivity index (χ3n) is 8.14. The molecular weight excluding hydrogens is 848 g/mol. The van der Waals surface area contributed by atoms with Gasteiger partial charge in [-0.05, 0) is 77.3 Å². The van der Waals surface area contributed by atoms with Gasteiger partial charge in [-0.1, -0.05) is 12.1 Å². The molecule has 0 amide bonds. The summed E-state index contributed by atoms with van der Waals surface area (Å²) in [7, 11) is 0. The minimum absolute atomic E-state index is 0.0173. The molecule has 0 fully saturated rings. The van der Waals surface area contributed by atoms with Gasteiger partial charge in [0.25, 0.3) is 0 Å². The van der Waals surface area contributed by atoms with Gasteiger partial charge in [-0.2, -0.15) is 26.3 Å². The van der Waals surface area contributed by atoms with E-state index < -0.39 is 19.8 Å². The summed E-state index contributed by atoms with van der Waals surface area (Å²) in [5.41, 5.74) is 3.71. The van der Waals surface area contributed by atoms with Crippen LogP contribution < -0.4 is 28.4 Å². The van der Waals surface area contributed by atoms with Gasteiger partial charge < -0.3 is 27.8 Å². The number of carbonyl (C=O) groups excluding carboxylic acids is 1. The van der Waals surface area contributed by atoms with Crippen LogP contribution in [0, 0.1) is 13.8 Å². The van der Waals surface area contributed by atoms with E-state index in [0.717, 1.165) is 31.4 Å². The Hall–Kier alpha value is -6.76. The van der Waals surface area contributed by atoms with Crippen LogP contribution in [0.3, 0.4) is 0 Å². The molecule has 5 heterocycles. The highest BCUT2D eigenvalue weighted by molar-refractivity contribution is 9.10. The zero-order valence-corrected chi connectivity index (χ0v) is 31.4. The van der Waals surface area contributed by atoms with Gasteiger partial charge in [-0.25, -0.2) is 0 Å². The number of halogens is 7. The quantitative estimate of drug-likeness (QED) is 0.0623. The summed E-state index contributed by atoms with van der Waals surface area (Å²) < 4.78 is 106. The summed E-state index contributed by atoms with van der Waals surface area (Å²) in [4.78, 5) is 14.8.